The molecule has 2 aromatic rings. The topological polar surface area (TPSA) is 12.0 Å². The molecule has 0 aromatic heterocycles. The average Bonchev–Trinajstić information content (AvgIpc) is 2.48. The maximum Gasteiger partial charge on any atom is 0.0302 e. The van der Waals surface area contributed by atoms with E-state index in [1.54, 1.807) is 0 Å². The van der Waals surface area contributed by atoms with Gasteiger partial charge in [-0.2, -0.15) is 0 Å². The summed E-state index contributed by atoms with van der Waals surface area (Å²) in [6.07, 6.45) is 1.15. The van der Waals surface area contributed by atoms with E-state index in [1.165, 1.54) is 15.6 Å². The SMILES string of the molecule is CC(CCN[C@H](C)c1ccccc1Br)c1ccccc1. The van der Waals surface area contributed by atoms with Crippen molar-refractivity contribution in [2.45, 2.75) is 32.2 Å². The fraction of sp³-hybridized carbons (Fsp3) is 0.333. The molecule has 1 unspecified atom stereocenters. The highest BCUT2D eigenvalue weighted by Crippen LogP contribution is 2.23. The third-order valence-corrected chi connectivity index (χ3v) is 4.49. The molecule has 0 aliphatic heterocycles. The number of hydrogen-bond acceptors (Lipinski definition) is 1. The second-order valence-corrected chi connectivity index (χ2v) is 6.15. The van der Waals surface area contributed by atoms with Crippen LogP contribution in [0.2, 0.25) is 0 Å². The van der Waals surface area contributed by atoms with Gasteiger partial charge >= 0.3 is 0 Å². The van der Waals surface area contributed by atoms with Gasteiger partial charge in [0.25, 0.3) is 0 Å². The van der Waals surface area contributed by atoms with E-state index in [4.69, 9.17) is 0 Å². The molecule has 0 aliphatic rings. The molecule has 0 saturated carbocycles. The first-order chi connectivity index (χ1) is 9.68. The summed E-state index contributed by atoms with van der Waals surface area (Å²) in [5, 5.41) is 3.61. The fourth-order valence-corrected chi connectivity index (χ4v) is 3.03. The van der Waals surface area contributed by atoms with Gasteiger partial charge in [0.15, 0.2) is 0 Å². The Balaban J connectivity index is 1.83. The zero-order chi connectivity index (χ0) is 14.4. The molecule has 2 atom stereocenters. The van der Waals surface area contributed by atoms with Gasteiger partial charge in [-0.15, -0.1) is 0 Å². The van der Waals surface area contributed by atoms with E-state index < -0.39 is 0 Å². The Kier molecular flexibility index (Phi) is 5.81. The summed E-state index contributed by atoms with van der Waals surface area (Å²) in [4.78, 5) is 0. The molecule has 0 amide bonds. The van der Waals surface area contributed by atoms with Crippen LogP contribution in [0.4, 0.5) is 0 Å². The Labute approximate surface area is 130 Å². The summed E-state index contributed by atoms with van der Waals surface area (Å²) < 4.78 is 1.18. The Hall–Kier alpha value is -1.12. The standard InChI is InChI=1S/C18H22BrN/c1-14(16-8-4-3-5-9-16)12-13-20-15(2)17-10-6-7-11-18(17)19/h3-11,14-15,20H,12-13H2,1-2H3/t14?,15-/m1/s1. The van der Waals surface area contributed by atoms with Crippen molar-refractivity contribution in [3.8, 4) is 0 Å². The lowest BCUT2D eigenvalue weighted by molar-refractivity contribution is 0.530. The number of benzene rings is 2. The summed E-state index contributed by atoms with van der Waals surface area (Å²) in [5.41, 5.74) is 2.74. The van der Waals surface area contributed by atoms with Crippen molar-refractivity contribution in [1.82, 2.24) is 5.32 Å². The van der Waals surface area contributed by atoms with Crippen LogP contribution in [0, 0.1) is 0 Å². The fourth-order valence-electron chi connectivity index (χ4n) is 2.40. The van der Waals surface area contributed by atoms with E-state index in [9.17, 15) is 0 Å². The molecule has 0 bridgehead atoms. The first-order valence-electron chi connectivity index (χ1n) is 7.21. The molecule has 1 nitrogen and oxygen atoms in total. The molecule has 0 aliphatic carbocycles. The van der Waals surface area contributed by atoms with Crippen LogP contribution < -0.4 is 5.32 Å². The highest BCUT2D eigenvalue weighted by Gasteiger charge is 2.09. The van der Waals surface area contributed by atoms with Gasteiger partial charge in [-0.3, -0.25) is 0 Å². The molecule has 0 heterocycles. The van der Waals surface area contributed by atoms with Crippen LogP contribution in [0.1, 0.15) is 43.4 Å². The lowest BCUT2D eigenvalue weighted by atomic mass is 9.98. The minimum atomic E-state index is 0.369. The zero-order valence-electron chi connectivity index (χ0n) is 12.1. The summed E-state index contributed by atoms with van der Waals surface area (Å²) in [5.74, 6) is 0.593. The highest BCUT2D eigenvalue weighted by atomic mass is 79.9. The normalized spacial score (nSPS) is 13.9. The third-order valence-electron chi connectivity index (χ3n) is 3.77. The Morgan fingerprint density at radius 2 is 1.60 bits per heavy atom. The van der Waals surface area contributed by atoms with Crippen molar-refractivity contribution < 1.29 is 0 Å². The van der Waals surface area contributed by atoms with E-state index in [0.29, 0.717) is 12.0 Å². The van der Waals surface area contributed by atoms with Crippen molar-refractivity contribution in [2.75, 3.05) is 6.54 Å². The molecule has 2 heteroatoms. The van der Waals surface area contributed by atoms with E-state index in [1.807, 2.05) is 0 Å². The molecule has 0 radical (unpaired) electrons. The van der Waals surface area contributed by atoms with Crippen molar-refractivity contribution in [1.29, 1.82) is 0 Å². The van der Waals surface area contributed by atoms with Gasteiger partial charge in [0.2, 0.25) is 0 Å². The molecule has 2 aromatic carbocycles. The molecule has 0 spiro atoms. The van der Waals surface area contributed by atoms with Crippen LogP contribution in [0.3, 0.4) is 0 Å². The number of hydrogen-bond donors (Lipinski definition) is 1. The summed E-state index contributed by atoms with van der Waals surface area (Å²) >= 11 is 3.61. The predicted molar refractivity (Wildman–Crippen MR) is 90.0 cm³/mol. The molecule has 2 rings (SSSR count). The Bertz CT molecular complexity index is 524. The number of halogens is 1. The minimum absolute atomic E-state index is 0.369. The van der Waals surface area contributed by atoms with Crippen molar-refractivity contribution >= 4 is 15.9 Å². The number of rotatable bonds is 6. The van der Waals surface area contributed by atoms with E-state index in [-0.39, 0.29) is 0 Å². The smallest absolute Gasteiger partial charge is 0.0302 e. The van der Waals surface area contributed by atoms with Crippen LogP contribution in [-0.4, -0.2) is 6.54 Å². The van der Waals surface area contributed by atoms with E-state index in [2.05, 4.69) is 89.7 Å². The minimum Gasteiger partial charge on any atom is -0.310 e. The average molecular weight is 332 g/mol. The first-order valence-corrected chi connectivity index (χ1v) is 8.00. The molecule has 1 N–H and O–H groups in total. The summed E-state index contributed by atoms with van der Waals surface area (Å²) in [7, 11) is 0. The van der Waals surface area contributed by atoms with Crippen LogP contribution in [0.5, 0.6) is 0 Å². The monoisotopic (exact) mass is 331 g/mol. The molecule has 0 saturated heterocycles. The van der Waals surface area contributed by atoms with Crippen LogP contribution in [0.25, 0.3) is 0 Å². The summed E-state index contributed by atoms with van der Waals surface area (Å²) in [6.45, 7) is 5.53. The van der Waals surface area contributed by atoms with Gasteiger partial charge < -0.3 is 5.32 Å². The van der Waals surface area contributed by atoms with Gasteiger partial charge in [0.05, 0.1) is 0 Å². The van der Waals surface area contributed by atoms with Gasteiger partial charge in [-0.25, -0.2) is 0 Å². The predicted octanol–water partition coefficient (Wildman–Crippen LogP) is 5.29. The Morgan fingerprint density at radius 3 is 2.30 bits per heavy atom. The van der Waals surface area contributed by atoms with Gasteiger partial charge in [0, 0.05) is 10.5 Å². The quantitative estimate of drug-likeness (QED) is 0.757. The summed E-state index contributed by atoms with van der Waals surface area (Å²) in [6, 6.07) is 19.5. The van der Waals surface area contributed by atoms with Crippen molar-refractivity contribution in [3.05, 3.63) is 70.2 Å². The molecule has 0 fully saturated rings. The molecular formula is C18H22BrN. The molecule has 20 heavy (non-hydrogen) atoms. The number of nitrogens with one attached hydrogen (secondary N) is 1. The highest BCUT2D eigenvalue weighted by molar-refractivity contribution is 9.10. The lowest BCUT2D eigenvalue weighted by Gasteiger charge is -2.18. The van der Waals surface area contributed by atoms with Crippen LogP contribution >= 0.6 is 15.9 Å². The largest absolute Gasteiger partial charge is 0.310 e. The van der Waals surface area contributed by atoms with E-state index in [0.717, 1.165) is 13.0 Å². The first kappa shape index (κ1) is 15.3. The molecular weight excluding hydrogens is 310 g/mol. The van der Waals surface area contributed by atoms with Crippen LogP contribution in [-0.2, 0) is 0 Å². The second-order valence-electron chi connectivity index (χ2n) is 5.30. The van der Waals surface area contributed by atoms with Crippen LogP contribution in [0.15, 0.2) is 59.1 Å². The van der Waals surface area contributed by atoms with Gasteiger partial charge in [-0.05, 0) is 43.0 Å². The van der Waals surface area contributed by atoms with Crippen molar-refractivity contribution in [3.63, 3.8) is 0 Å². The van der Waals surface area contributed by atoms with E-state index >= 15 is 0 Å². The third kappa shape index (κ3) is 4.19. The zero-order valence-corrected chi connectivity index (χ0v) is 13.7. The van der Waals surface area contributed by atoms with Gasteiger partial charge in [-0.1, -0.05) is 71.4 Å². The lowest BCUT2D eigenvalue weighted by Crippen LogP contribution is -2.21. The van der Waals surface area contributed by atoms with Gasteiger partial charge in [0.1, 0.15) is 0 Å². The van der Waals surface area contributed by atoms with Crippen molar-refractivity contribution in [2.24, 2.45) is 0 Å². The maximum atomic E-state index is 3.61. The molecule has 106 valence electrons. The maximum absolute atomic E-state index is 3.61. The Morgan fingerprint density at radius 1 is 0.950 bits per heavy atom. The second kappa shape index (κ2) is 7.61.